The second-order valence-electron chi connectivity index (χ2n) is 4.28. The fraction of sp³-hybridized carbons (Fsp3) is 0.154. The minimum Gasteiger partial charge on any atom is -0.478 e. The number of hydrogen-bond acceptors (Lipinski definition) is 4. The van der Waals surface area contributed by atoms with Gasteiger partial charge in [0, 0.05) is 16.3 Å². The molecule has 0 amide bonds. The maximum Gasteiger partial charge on any atom is 0.337 e. The molecule has 0 radical (unpaired) electrons. The van der Waals surface area contributed by atoms with Crippen LogP contribution in [0.1, 0.15) is 20.1 Å². The van der Waals surface area contributed by atoms with Crippen LogP contribution in [0.15, 0.2) is 35.2 Å². The smallest absolute Gasteiger partial charge is 0.337 e. The van der Waals surface area contributed by atoms with Gasteiger partial charge in [0.25, 0.3) is 0 Å². The number of aromatic carboxylic acids is 1. The molecule has 5 nitrogen and oxygen atoms in total. The first-order chi connectivity index (χ1) is 9.79. The van der Waals surface area contributed by atoms with Crippen molar-refractivity contribution in [1.29, 1.82) is 0 Å². The van der Waals surface area contributed by atoms with Gasteiger partial charge in [-0.15, -0.1) is 11.3 Å². The maximum absolute atomic E-state index is 12.1. The summed E-state index contributed by atoms with van der Waals surface area (Å²) in [6.07, 6.45) is 0. The van der Waals surface area contributed by atoms with Crippen molar-refractivity contribution in [3.8, 4) is 0 Å². The predicted octanol–water partition coefficient (Wildman–Crippen LogP) is 2.89. The van der Waals surface area contributed by atoms with Gasteiger partial charge in [0.2, 0.25) is 10.0 Å². The normalized spacial score (nSPS) is 11.5. The van der Waals surface area contributed by atoms with Gasteiger partial charge in [-0.2, -0.15) is 0 Å². The van der Waals surface area contributed by atoms with Crippen LogP contribution in [-0.4, -0.2) is 19.5 Å². The Hall–Kier alpha value is -1.41. The molecule has 0 saturated heterocycles. The monoisotopic (exact) mass is 345 g/mol. The van der Waals surface area contributed by atoms with Crippen LogP contribution in [-0.2, 0) is 16.6 Å². The van der Waals surface area contributed by atoms with Crippen LogP contribution in [0, 0.1) is 6.92 Å². The van der Waals surface area contributed by atoms with Gasteiger partial charge in [0.1, 0.15) is 0 Å². The summed E-state index contributed by atoms with van der Waals surface area (Å²) in [5.74, 6) is -1.20. The minimum atomic E-state index is -3.73. The first-order valence-corrected chi connectivity index (χ1v) is 8.55. The third kappa shape index (κ3) is 3.82. The third-order valence-electron chi connectivity index (χ3n) is 2.71. The molecule has 2 aromatic rings. The number of sulfonamides is 1. The Morgan fingerprint density at radius 1 is 1.33 bits per heavy atom. The van der Waals surface area contributed by atoms with Crippen molar-refractivity contribution in [1.82, 2.24) is 4.72 Å². The summed E-state index contributed by atoms with van der Waals surface area (Å²) in [6, 6.07) is 7.29. The number of carboxylic acid groups (broad SMARTS) is 1. The van der Waals surface area contributed by atoms with E-state index in [1.54, 1.807) is 0 Å². The molecule has 0 saturated carbocycles. The van der Waals surface area contributed by atoms with Crippen molar-refractivity contribution in [2.45, 2.75) is 18.4 Å². The van der Waals surface area contributed by atoms with Gasteiger partial charge in [0.15, 0.2) is 0 Å². The first kappa shape index (κ1) is 16.0. The molecule has 0 unspecified atom stereocenters. The Balaban J connectivity index is 2.19. The zero-order valence-corrected chi connectivity index (χ0v) is 13.3. The highest BCUT2D eigenvalue weighted by atomic mass is 35.5. The lowest BCUT2D eigenvalue weighted by atomic mass is 10.2. The average molecular weight is 346 g/mol. The van der Waals surface area contributed by atoms with Crippen molar-refractivity contribution >= 4 is 38.9 Å². The number of aryl methyl sites for hydroxylation is 1. The molecule has 0 atom stereocenters. The van der Waals surface area contributed by atoms with Crippen molar-refractivity contribution < 1.29 is 18.3 Å². The van der Waals surface area contributed by atoms with Crippen molar-refractivity contribution in [3.63, 3.8) is 0 Å². The topological polar surface area (TPSA) is 83.5 Å². The molecule has 2 rings (SSSR count). The fourth-order valence-corrected chi connectivity index (χ4v) is 3.95. The Morgan fingerprint density at radius 3 is 2.57 bits per heavy atom. The average Bonchev–Trinajstić information content (AvgIpc) is 2.82. The van der Waals surface area contributed by atoms with E-state index in [1.807, 2.05) is 19.1 Å². The van der Waals surface area contributed by atoms with Crippen LogP contribution in [0.5, 0.6) is 0 Å². The van der Waals surface area contributed by atoms with Crippen molar-refractivity contribution in [3.05, 3.63) is 50.7 Å². The largest absolute Gasteiger partial charge is 0.478 e. The van der Waals surface area contributed by atoms with E-state index in [1.165, 1.54) is 23.5 Å². The van der Waals surface area contributed by atoms with Gasteiger partial charge in [-0.05, 0) is 37.3 Å². The van der Waals surface area contributed by atoms with E-state index in [2.05, 4.69) is 4.72 Å². The number of carbonyl (C=O) groups is 1. The molecular weight excluding hydrogens is 334 g/mol. The highest BCUT2D eigenvalue weighted by Crippen LogP contribution is 2.21. The molecule has 0 fully saturated rings. The van der Waals surface area contributed by atoms with E-state index in [0.717, 1.165) is 15.8 Å². The number of thiophene rings is 1. The summed E-state index contributed by atoms with van der Waals surface area (Å²) in [5.41, 5.74) is -0.135. The summed E-state index contributed by atoms with van der Waals surface area (Å²) in [6.45, 7) is 2.12. The first-order valence-electron chi connectivity index (χ1n) is 5.87. The van der Waals surface area contributed by atoms with Crippen LogP contribution < -0.4 is 4.72 Å². The summed E-state index contributed by atoms with van der Waals surface area (Å²) < 4.78 is 26.7. The van der Waals surface area contributed by atoms with Crippen molar-refractivity contribution in [2.75, 3.05) is 0 Å². The summed E-state index contributed by atoms with van der Waals surface area (Å²) in [4.78, 5) is 12.8. The number of benzene rings is 1. The minimum absolute atomic E-state index is 0.0641. The van der Waals surface area contributed by atoms with Gasteiger partial charge >= 0.3 is 5.97 Å². The molecule has 0 aliphatic rings. The summed E-state index contributed by atoms with van der Waals surface area (Å²) >= 11 is 7.28. The molecule has 8 heteroatoms. The van der Waals surface area contributed by atoms with Crippen LogP contribution >= 0.6 is 22.9 Å². The Kier molecular flexibility index (Phi) is 4.67. The van der Waals surface area contributed by atoms with E-state index in [0.29, 0.717) is 0 Å². The maximum atomic E-state index is 12.1. The van der Waals surface area contributed by atoms with Gasteiger partial charge < -0.3 is 5.11 Å². The zero-order chi connectivity index (χ0) is 15.6. The van der Waals surface area contributed by atoms with Gasteiger partial charge in [-0.3, -0.25) is 0 Å². The molecule has 0 spiro atoms. The molecule has 1 heterocycles. The Labute approximate surface area is 131 Å². The predicted molar refractivity (Wildman–Crippen MR) is 81.5 cm³/mol. The molecule has 0 bridgehead atoms. The lowest BCUT2D eigenvalue weighted by Crippen LogP contribution is -2.23. The second-order valence-corrected chi connectivity index (χ2v) is 7.83. The molecular formula is C13H12ClNO4S2. The van der Waals surface area contributed by atoms with E-state index in [9.17, 15) is 13.2 Å². The standard InChI is InChI=1S/C13H12ClNO4S2/c1-8-2-3-9(20-8)7-15-21(18,19)10-4-5-11(13(16)17)12(14)6-10/h2-6,15H,7H2,1H3,(H,16,17). The second kappa shape index (κ2) is 6.15. The summed E-state index contributed by atoms with van der Waals surface area (Å²) in [5, 5.41) is 8.75. The molecule has 0 aliphatic carbocycles. The van der Waals surface area contributed by atoms with Gasteiger partial charge in [-0.1, -0.05) is 11.6 Å². The number of carboxylic acids is 1. The SMILES string of the molecule is Cc1ccc(CNS(=O)(=O)c2ccc(C(=O)O)c(Cl)c2)s1. The number of nitrogens with one attached hydrogen (secondary N) is 1. The summed E-state index contributed by atoms with van der Waals surface area (Å²) in [7, 11) is -3.73. The van der Waals surface area contributed by atoms with Crippen LogP contribution in [0.3, 0.4) is 0 Å². The van der Waals surface area contributed by atoms with Crippen LogP contribution in [0.2, 0.25) is 5.02 Å². The van der Waals surface area contributed by atoms with E-state index in [-0.39, 0.29) is 22.0 Å². The van der Waals surface area contributed by atoms with E-state index in [4.69, 9.17) is 16.7 Å². The lowest BCUT2D eigenvalue weighted by molar-refractivity contribution is 0.0697. The molecule has 1 aromatic carbocycles. The van der Waals surface area contributed by atoms with Crippen molar-refractivity contribution in [2.24, 2.45) is 0 Å². The number of rotatable bonds is 5. The quantitative estimate of drug-likeness (QED) is 0.872. The van der Waals surface area contributed by atoms with Crippen LogP contribution in [0.4, 0.5) is 0 Å². The zero-order valence-electron chi connectivity index (χ0n) is 11.0. The molecule has 0 aliphatic heterocycles. The highest BCUT2D eigenvalue weighted by Gasteiger charge is 2.17. The molecule has 1 aromatic heterocycles. The fourth-order valence-electron chi connectivity index (χ4n) is 1.67. The molecule has 2 N–H and O–H groups in total. The Morgan fingerprint density at radius 2 is 2.05 bits per heavy atom. The Bertz CT molecular complexity index is 783. The third-order valence-corrected chi connectivity index (χ3v) is 5.43. The molecule has 112 valence electrons. The van der Waals surface area contributed by atoms with E-state index < -0.39 is 16.0 Å². The lowest BCUT2D eigenvalue weighted by Gasteiger charge is -2.07. The van der Waals surface area contributed by atoms with Crippen LogP contribution in [0.25, 0.3) is 0 Å². The highest BCUT2D eigenvalue weighted by molar-refractivity contribution is 7.89. The van der Waals surface area contributed by atoms with Gasteiger partial charge in [0.05, 0.1) is 15.5 Å². The van der Waals surface area contributed by atoms with E-state index >= 15 is 0 Å². The number of halogens is 1. The van der Waals surface area contributed by atoms with Gasteiger partial charge in [-0.25, -0.2) is 17.9 Å². The molecule has 21 heavy (non-hydrogen) atoms. The number of hydrogen-bond donors (Lipinski definition) is 2.